The zero-order valence-corrected chi connectivity index (χ0v) is 14.2. The Bertz CT molecular complexity index is 904. The number of benzene rings is 2. The van der Waals surface area contributed by atoms with Crippen LogP contribution < -0.4 is 5.32 Å². The lowest BCUT2D eigenvalue weighted by Crippen LogP contribution is -2.37. The third kappa shape index (κ3) is 3.88. The zero-order chi connectivity index (χ0) is 18.0. The molecule has 5 heteroatoms. The van der Waals surface area contributed by atoms with Gasteiger partial charge < -0.3 is 15.4 Å². The number of aromatic amines is 1. The molecule has 0 aliphatic carbocycles. The predicted molar refractivity (Wildman–Crippen MR) is 95.7 cm³/mol. The van der Waals surface area contributed by atoms with Gasteiger partial charge in [-0.3, -0.25) is 4.79 Å². The highest BCUT2D eigenvalue weighted by Gasteiger charge is 2.19. The Labute approximate surface area is 145 Å². The molecule has 2 atom stereocenters. The molecule has 4 nitrogen and oxygen atoms in total. The van der Waals surface area contributed by atoms with Crippen molar-refractivity contribution in [3.8, 4) is 0 Å². The summed E-state index contributed by atoms with van der Waals surface area (Å²) in [5, 5.41) is 14.1. The van der Waals surface area contributed by atoms with Gasteiger partial charge in [0.1, 0.15) is 5.82 Å². The van der Waals surface area contributed by atoms with Crippen LogP contribution in [0.4, 0.5) is 4.39 Å². The van der Waals surface area contributed by atoms with Crippen molar-refractivity contribution in [2.24, 2.45) is 0 Å². The molecule has 0 fully saturated rings. The summed E-state index contributed by atoms with van der Waals surface area (Å²) >= 11 is 0. The molecule has 0 spiro atoms. The molecule has 1 aromatic heterocycles. The largest absolute Gasteiger partial charge is 0.386 e. The van der Waals surface area contributed by atoms with E-state index in [0.717, 1.165) is 22.0 Å². The van der Waals surface area contributed by atoms with E-state index in [9.17, 15) is 14.3 Å². The number of carbonyl (C=O) groups excluding carboxylic acids is 1. The van der Waals surface area contributed by atoms with Crippen LogP contribution in [-0.4, -0.2) is 22.0 Å². The van der Waals surface area contributed by atoms with Gasteiger partial charge in [0, 0.05) is 17.1 Å². The normalized spacial score (nSPS) is 13.6. The number of fused-ring (bicyclic) bond motifs is 1. The van der Waals surface area contributed by atoms with Crippen LogP contribution in [0.2, 0.25) is 0 Å². The summed E-state index contributed by atoms with van der Waals surface area (Å²) < 4.78 is 13.3. The number of aliphatic hydroxyl groups is 1. The van der Waals surface area contributed by atoms with Crippen LogP contribution in [0.1, 0.15) is 29.7 Å². The molecule has 0 aliphatic rings. The van der Waals surface area contributed by atoms with Crippen LogP contribution >= 0.6 is 0 Å². The maximum Gasteiger partial charge on any atom is 0.224 e. The number of amides is 1. The minimum Gasteiger partial charge on any atom is -0.386 e. The fourth-order valence-electron chi connectivity index (χ4n) is 2.98. The Balaban J connectivity index is 1.67. The molecule has 0 bridgehead atoms. The van der Waals surface area contributed by atoms with Gasteiger partial charge >= 0.3 is 0 Å². The first-order valence-electron chi connectivity index (χ1n) is 8.23. The lowest BCUT2D eigenvalue weighted by molar-refractivity contribution is -0.121. The summed E-state index contributed by atoms with van der Waals surface area (Å²) in [6.07, 6.45) is 1.07. The Hall–Kier alpha value is -2.66. The Kier molecular flexibility index (Phi) is 4.86. The molecular weight excluding hydrogens is 319 g/mol. The second kappa shape index (κ2) is 7.07. The number of aryl methyl sites for hydroxylation is 1. The zero-order valence-electron chi connectivity index (χ0n) is 14.2. The standard InChI is InChI=1S/C20H21FN2O2/c1-12-6-7-17-15(11-22-18(17)8-12)10-19(24)23-13(2)20(25)14-4-3-5-16(21)9-14/h3-9,11,13,20,22,25H,10H2,1-2H3,(H,23,24)/t13-,20+/m1/s1. The topological polar surface area (TPSA) is 65.1 Å². The van der Waals surface area contributed by atoms with E-state index in [4.69, 9.17) is 0 Å². The molecule has 1 heterocycles. The molecule has 0 saturated heterocycles. The number of H-pyrrole nitrogens is 1. The maximum absolute atomic E-state index is 13.3. The Morgan fingerprint density at radius 1 is 1.28 bits per heavy atom. The van der Waals surface area contributed by atoms with Crippen LogP contribution in [-0.2, 0) is 11.2 Å². The minimum absolute atomic E-state index is 0.190. The smallest absolute Gasteiger partial charge is 0.224 e. The van der Waals surface area contributed by atoms with E-state index < -0.39 is 18.0 Å². The van der Waals surface area contributed by atoms with Crippen molar-refractivity contribution in [3.63, 3.8) is 0 Å². The highest BCUT2D eigenvalue weighted by Crippen LogP contribution is 2.21. The van der Waals surface area contributed by atoms with Gasteiger partial charge in [0.15, 0.2) is 0 Å². The van der Waals surface area contributed by atoms with E-state index in [2.05, 4.69) is 10.3 Å². The number of aromatic nitrogens is 1. The monoisotopic (exact) mass is 340 g/mol. The highest BCUT2D eigenvalue weighted by atomic mass is 19.1. The molecule has 1 amide bonds. The number of aliphatic hydroxyl groups excluding tert-OH is 1. The first kappa shape index (κ1) is 17.2. The average molecular weight is 340 g/mol. The number of hydrogen-bond donors (Lipinski definition) is 3. The van der Waals surface area contributed by atoms with Crippen LogP contribution in [0.5, 0.6) is 0 Å². The van der Waals surface area contributed by atoms with E-state index in [-0.39, 0.29) is 12.3 Å². The number of halogens is 1. The molecular formula is C20H21FN2O2. The summed E-state index contributed by atoms with van der Waals surface area (Å²) in [4.78, 5) is 15.5. The van der Waals surface area contributed by atoms with Crippen molar-refractivity contribution >= 4 is 16.8 Å². The van der Waals surface area contributed by atoms with Crippen molar-refractivity contribution in [1.82, 2.24) is 10.3 Å². The molecule has 3 aromatic rings. The van der Waals surface area contributed by atoms with Gasteiger partial charge in [0.25, 0.3) is 0 Å². The third-order valence-electron chi connectivity index (χ3n) is 4.33. The molecule has 0 aliphatic heterocycles. The highest BCUT2D eigenvalue weighted by molar-refractivity contribution is 5.89. The number of nitrogens with one attached hydrogen (secondary N) is 2. The molecule has 3 N–H and O–H groups in total. The maximum atomic E-state index is 13.3. The average Bonchev–Trinajstić information content (AvgIpc) is 2.95. The van der Waals surface area contributed by atoms with Crippen LogP contribution in [0, 0.1) is 12.7 Å². The van der Waals surface area contributed by atoms with Crippen molar-refractivity contribution in [2.45, 2.75) is 32.4 Å². The molecule has 25 heavy (non-hydrogen) atoms. The van der Waals surface area contributed by atoms with E-state index >= 15 is 0 Å². The van der Waals surface area contributed by atoms with Crippen LogP contribution in [0.15, 0.2) is 48.7 Å². The summed E-state index contributed by atoms with van der Waals surface area (Å²) in [7, 11) is 0. The molecule has 130 valence electrons. The van der Waals surface area contributed by atoms with Crippen molar-refractivity contribution in [2.75, 3.05) is 0 Å². The first-order chi connectivity index (χ1) is 11.9. The fraction of sp³-hybridized carbons (Fsp3) is 0.250. The summed E-state index contributed by atoms with van der Waals surface area (Å²) in [5.41, 5.74) is 3.49. The quantitative estimate of drug-likeness (QED) is 0.666. The van der Waals surface area contributed by atoms with E-state index in [0.29, 0.717) is 5.56 Å². The second-order valence-electron chi connectivity index (χ2n) is 6.40. The summed E-state index contributed by atoms with van der Waals surface area (Å²) in [5.74, 6) is -0.603. The Morgan fingerprint density at radius 2 is 2.08 bits per heavy atom. The van der Waals surface area contributed by atoms with Gasteiger partial charge in [-0.05, 0) is 48.7 Å². The minimum atomic E-state index is -0.967. The van der Waals surface area contributed by atoms with Gasteiger partial charge in [-0.1, -0.05) is 24.3 Å². The van der Waals surface area contributed by atoms with Crippen LogP contribution in [0.3, 0.4) is 0 Å². The molecule has 3 rings (SSSR count). The van der Waals surface area contributed by atoms with Gasteiger partial charge in [0.05, 0.1) is 18.6 Å². The van der Waals surface area contributed by atoms with Crippen molar-refractivity contribution in [1.29, 1.82) is 0 Å². The number of rotatable bonds is 5. The number of hydrogen-bond acceptors (Lipinski definition) is 2. The number of carbonyl (C=O) groups is 1. The summed E-state index contributed by atoms with van der Waals surface area (Å²) in [6, 6.07) is 11.3. The van der Waals surface area contributed by atoms with Crippen molar-refractivity contribution < 1.29 is 14.3 Å². The van der Waals surface area contributed by atoms with Gasteiger partial charge in [-0.15, -0.1) is 0 Å². The van der Waals surface area contributed by atoms with Crippen molar-refractivity contribution in [3.05, 3.63) is 71.2 Å². The van der Waals surface area contributed by atoms with Crippen LogP contribution in [0.25, 0.3) is 10.9 Å². The van der Waals surface area contributed by atoms with Gasteiger partial charge in [-0.25, -0.2) is 4.39 Å². The third-order valence-corrected chi connectivity index (χ3v) is 4.33. The van der Waals surface area contributed by atoms with E-state index in [1.54, 1.807) is 13.0 Å². The molecule has 0 radical (unpaired) electrons. The predicted octanol–water partition coefficient (Wildman–Crippen LogP) is 3.40. The summed E-state index contributed by atoms with van der Waals surface area (Å²) in [6.45, 7) is 3.72. The lowest BCUT2D eigenvalue weighted by Gasteiger charge is -2.20. The lowest BCUT2D eigenvalue weighted by atomic mass is 10.0. The van der Waals surface area contributed by atoms with E-state index in [1.165, 1.54) is 18.2 Å². The molecule has 2 aromatic carbocycles. The first-order valence-corrected chi connectivity index (χ1v) is 8.23. The fourth-order valence-corrected chi connectivity index (χ4v) is 2.98. The van der Waals surface area contributed by atoms with Gasteiger partial charge in [0.2, 0.25) is 5.91 Å². The Morgan fingerprint density at radius 3 is 2.84 bits per heavy atom. The second-order valence-corrected chi connectivity index (χ2v) is 6.40. The van der Waals surface area contributed by atoms with E-state index in [1.807, 2.05) is 31.3 Å². The molecule has 0 unspecified atom stereocenters. The van der Waals surface area contributed by atoms with Gasteiger partial charge in [-0.2, -0.15) is 0 Å². The molecule has 0 saturated carbocycles. The SMILES string of the molecule is Cc1ccc2c(CC(=O)N[C@H](C)[C@H](O)c3cccc(F)c3)c[nH]c2c1.